The van der Waals surface area contributed by atoms with Gasteiger partial charge in [0.05, 0.1) is 22.8 Å². The molecule has 0 unspecified atom stereocenters. The van der Waals surface area contributed by atoms with Crippen LogP contribution in [0.1, 0.15) is 147 Å². The topological polar surface area (TPSA) is 126 Å². The molecular weight excluding hydrogens is 889 g/mol. The molecule has 72 heavy (non-hydrogen) atoms. The minimum Gasteiger partial charge on any atom is -0.354 e. The maximum absolute atomic E-state index is 14.5. The van der Waals surface area contributed by atoms with Gasteiger partial charge in [-0.3, -0.25) is 19.2 Å². The Morgan fingerprint density at radius 1 is 0.306 bits per heavy atom. The predicted octanol–water partition coefficient (Wildman–Crippen LogP) is 16.2. The number of nitrogens with zero attached hydrogens (tertiary/aromatic N) is 2. The van der Waals surface area contributed by atoms with Gasteiger partial charge in [0, 0.05) is 88.2 Å². The third-order valence-electron chi connectivity index (χ3n) is 13.2. The predicted molar refractivity (Wildman–Crippen MR) is 296 cm³/mol. The van der Waals surface area contributed by atoms with E-state index in [1.54, 1.807) is 0 Å². The summed E-state index contributed by atoms with van der Waals surface area (Å²) in [5.41, 5.74) is 10.2. The summed E-state index contributed by atoms with van der Waals surface area (Å²) in [6, 6.07) is 38.6. The average molecular weight is 951 g/mol. The van der Waals surface area contributed by atoms with Gasteiger partial charge in [0.25, 0.3) is 0 Å². The Morgan fingerprint density at radius 3 is 0.694 bits per heavy atom. The molecule has 362 valence electrons. The summed E-state index contributed by atoms with van der Waals surface area (Å²) < 4.78 is 0. The molecule has 9 rings (SSSR count). The van der Waals surface area contributed by atoms with Gasteiger partial charge in [-0.15, -0.1) is 0 Å². The number of aromatic nitrogens is 4. The molecule has 3 aromatic heterocycles. The standard InChI is InChI=1S/C64H62N4O4/c1-61(2,3)57(69)41-25-17-13-21-37(41)53-45-29-31-47(65-45)54(38-22-14-18-26-42(38)58(70)62(4,5)6)49-33-35-51(67-49)56(40-24-16-20-28-44(40)60(72)64(10,11)12)52-36-34-50(68-52)55(48-32-30-46(53)66-48)39-23-15-19-27-43(39)59(71)63(7,8)9/h13-36,65,68H,1-12H3. The molecule has 0 aliphatic carbocycles. The molecule has 0 amide bonds. The molecule has 4 aromatic carbocycles. The minimum atomic E-state index is -0.697. The number of Topliss-reactive ketones (excluding diaryl/α,β-unsaturated/α-hetero) is 4. The van der Waals surface area contributed by atoms with Crippen molar-refractivity contribution in [2.45, 2.75) is 83.1 Å². The van der Waals surface area contributed by atoms with Crippen LogP contribution in [0.5, 0.6) is 0 Å². The summed E-state index contributed by atoms with van der Waals surface area (Å²) in [5, 5.41) is 0. The fraction of sp³-hybridized carbons (Fsp3) is 0.250. The third kappa shape index (κ3) is 9.06. The molecule has 7 aromatic rings. The van der Waals surface area contributed by atoms with Gasteiger partial charge in [-0.2, -0.15) is 0 Å². The lowest BCUT2D eigenvalue weighted by molar-refractivity contribution is 0.0853. The number of fused-ring (bicyclic) bond motifs is 8. The SMILES string of the molecule is CC(C)(C)C(=O)c1ccccc1-c1c2nc(c(-c3ccccc3C(=O)C(C)(C)C)c3ccc([nH]3)c(-c3ccccc3C(=O)C(C)(C)C)c3nc(c(-c4ccccc4C(=O)C(C)(C)C)c4ccc1[nH]4)C=C3)C=C2. The van der Waals surface area contributed by atoms with E-state index in [1.165, 1.54) is 0 Å². The van der Waals surface area contributed by atoms with Gasteiger partial charge in [-0.1, -0.05) is 180 Å². The number of aromatic amines is 2. The molecule has 0 saturated carbocycles. The molecule has 0 fully saturated rings. The smallest absolute Gasteiger partial charge is 0.168 e. The van der Waals surface area contributed by atoms with Crippen LogP contribution in [0.3, 0.4) is 0 Å². The zero-order chi connectivity index (χ0) is 51.7. The van der Waals surface area contributed by atoms with Crippen LogP contribution in [0.25, 0.3) is 90.9 Å². The zero-order valence-electron chi connectivity index (χ0n) is 43.4. The monoisotopic (exact) mass is 950 g/mol. The molecule has 2 aliphatic rings. The lowest BCUT2D eigenvalue weighted by atomic mass is 9.83. The number of carbonyl (C=O) groups is 4. The first-order chi connectivity index (χ1) is 33.9. The molecule has 0 atom stereocenters. The van der Waals surface area contributed by atoms with E-state index in [0.29, 0.717) is 112 Å². The van der Waals surface area contributed by atoms with Crippen molar-refractivity contribution < 1.29 is 19.2 Å². The van der Waals surface area contributed by atoms with Crippen molar-refractivity contribution in [1.29, 1.82) is 0 Å². The second-order valence-corrected chi connectivity index (χ2v) is 23.0. The Bertz CT molecular complexity index is 3170. The second kappa shape index (κ2) is 18.1. The Balaban J connectivity index is 1.53. The van der Waals surface area contributed by atoms with Crippen molar-refractivity contribution >= 4 is 69.5 Å². The van der Waals surface area contributed by atoms with Crippen LogP contribution in [0.4, 0.5) is 0 Å². The number of ketones is 4. The molecule has 5 heterocycles. The summed E-state index contributed by atoms with van der Waals surface area (Å²) in [6.45, 7) is 23.1. The van der Waals surface area contributed by atoms with Crippen LogP contribution in [0, 0.1) is 21.7 Å². The van der Waals surface area contributed by atoms with Crippen molar-refractivity contribution in [3.63, 3.8) is 0 Å². The van der Waals surface area contributed by atoms with E-state index < -0.39 is 21.7 Å². The molecular formula is C64H62N4O4. The van der Waals surface area contributed by atoms with Crippen LogP contribution in [-0.4, -0.2) is 43.1 Å². The first kappa shape index (κ1) is 49.2. The van der Waals surface area contributed by atoms with Crippen molar-refractivity contribution in [2.75, 3.05) is 0 Å². The van der Waals surface area contributed by atoms with Crippen LogP contribution < -0.4 is 0 Å². The number of carbonyl (C=O) groups excluding carboxylic acids is 4. The van der Waals surface area contributed by atoms with E-state index >= 15 is 0 Å². The van der Waals surface area contributed by atoms with E-state index in [-0.39, 0.29) is 23.1 Å². The highest BCUT2D eigenvalue weighted by Gasteiger charge is 2.32. The molecule has 8 heteroatoms. The summed E-state index contributed by atoms with van der Waals surface area (Å²) in [4.78, 5) is 76.3. The van der Waals surface area contributed by atoms with Crippen molar-refractivity contribution in [1.82, 2.24) is 19.9 Å². The number of hydrogen-bond donors (Lipinski definition) is 2. The Kier molecular flexibility index (Phi) is 12.3. The van der Waals surface area contributed by atoms with Gasteiger partial charge in [-0.25, -0.2) is 9.97 Å². The summed E-state index contributed by atoms with van der Waals surface area (Å²) in [7, 11) is 0. The van der Waals surface area contributed by atoms with E-state index in [1.807, 2.05) is 229 Å². The zero-order valence-corrected chi connectivity index (χ0v) is 43.4. The van der Waals surface area contributed by atoms with Crippen LogP contribution in [-0.2, 0) is 0 Å². The molecule has 8 nitrogen and oxygen atoms in total. The van der Waals surface area contributed by atoms with Crippen LogP contribution in [0.15, 0.2) is 121 Å². The molecule has 0 radical (unpaired) electrons. The first-order valence-electron chi connectivity index (χ1n) is 24.7. The van der Waals surface area contributed by atoms with E-state index in [2.05, 4.69) is 9.97 Å². The average Bonchev–Trinajstić information content (AvgIpc) is 4.19. The molecule has 0 saturated heterocycles. The van der Waals surface area contributed by atoms with E-state index in [4.69, 9.17) is 9.97 Å². The fourth-order valence-electron chi connectivity index (χ4n) is 9.55. The molecule has 8 bridgehead atoms. The highest BCUT2D eigenvalue weighted by Crippen LogP contribution is 2.43. The largest absolute Gasteiger partial charge is 0.354 e. The number of nitrogens with one attached hydrogen (secondary N) is 2. The number of rotatable bonds is 8. The lowest BCUT2D eigenvalue weighted by Gasteiger charge is -2.20. The van der Waals surface area contributed by atoms with Gasteiger partial charge in [0.15, 0.2) is 23.1 Å². The maximum atomic E-state index is 14.5. The normalized spacial score (nSPS) is 12.8. The number of hydrogen-bond acceptors (Lipinski definition) is 6. The Morgan fingerprint density at radius 2 is 0.500 bits per heavy atom. The second-order valence-electron chi connectivity index (χ2n) is 23.0. The number of benzene rings is 4. The van der Waals surface area contributed by atoms with Gasteiger partial charge >= 0.3 is 0 Å². The highest BCUT2D eigenvalue weighted by atomic mass is 16.1. The summed E-state index contributed by atoms with van der Waals surface area (Å²) in [5.74, 6) is -0.0915. The maximum Gasteiger partial charge on any atom is 0.168 e. The molecule has 2 N–H and O–H groups in total. The van der Waals surface area contributed by atoms with Gasteiger partial charge < -0.3 is 9.97 Å². The first-order valence-corrected chi connectivity index (χ1v) is 24.7. The Labute approximate surface area is 422 Å². The molecule has 2 aliphatic heterocycles. The summed E-state index contributed by atoms with van der Waals surface area (Å²) in [6.07, 6.45) is 7.88. The van der Waals surface area contributed by atoms with Crippen molar-refractivity contribution in [3.05, 3.63) is 166 Å². The Hall–Kier alpha value is -7.84. The lowest BCUT2D eigenvalue weighted by Crippen LogP contribution is -2.21. The van der Waals surface area contributed by atoms with Crippen molar-refractivity contribution in [3.8, 4) is 44.5 Å². The third-order valence-corrected chi connectivity index (χ3v) is 13.2. The van der Waals surface area contributed by atoms with E-state index in [0.717, 1.165) is 0 Å². The van der Waals surface area contributed by atoms with Crippen molar-refractivity contribution in [2.24, 2.45) is 21.7 Å². The summed E-state index contributed by atoms with van der Waals surface area (Å²) >= 11 is 0. The highest BCUT2D eigenvalue weighted by molar-refractivity contribution is 6.13. The minimum absolute atomic E-state index is 0.0229. The van der Waals surface area contributed by atoms with Crippen LogP contribution >= 0.6 is 0 Å². The van der Waals surface area contributed by atoms with Gasteiger partial charge in [0.2, 0.25) is 0 Å². The number of H-pyrrole nitrogens is 2. The van der Waals surface area contributed by atoms with Gasteiger partial charge in [0.1, 0.15) is 0 Å². The van der Waals surface area contributed by atoms with Crippen LogP contribution in [0.2, 0.25) is 0 Å². The molecule has 0 spiro atoms. The van der Waals surface area contributed by atoms with Gasteiger partial charge in [-0.05, 0) is 70.8 Å². The van der Waals surface area contributed by atoms with E-state index in [9.17, 15) is 19.2 Å². The fourth-order valence-corrected chi connectivity index (χ4v) is 9.55. The quantitative estimate of drug-likeness (QED) is 0.146.